The Morgan fingerprint density at radius 2 is 1.65 bits per heavy atom. The number of hydrogen-bond acceptors (Lipinski definition) is 1. The summed E-state index contributed by atoms with van der Waals surface area (Å²) in [5.41, 5.74) is 7.81. The maximum atomic E-state index is 13.4. The first-order valence-electron chi connectivity index (χ1n) is 5.04. The molecule has 0 radical (unpaired) electrons. The Hall–Kier alpha value is -0.710. The van der Waals surface area contributed by atoms with Crippen LogP contribution in [0.2, 0.25) is 0 Å². The van der Waals surface area contributed by atoms with Crippen molar-refractivity contribution in [3.63, 3.8) is 0 Å². The molecular formula is C13H10Br2FN. The van der Waals surface area contributed by atoms with Crippen molar-refractivity contribution in [1.82, 2.24) is 0 Å². The molecule has 0 spiro atoms. The average molecular weight is 359 g/mol. The van der Waals surface area contributed by atoms with Crippen LogP contribution in [0, 0.1) is 5.82 Å². The van der Waals surface area contributed by atoms with Crippen molar-refractivity contribution in [1.29, 1.82) is 0 Å². The van der Waals surface area contributed by atoms with Gasteiger partial charge in [-0.1, -0.05) is 40.2 Å². The van der Waals surface area contributed by atoms with Crippen LogP contribution in [0.4, 0.5) is 4.39 Å². The molecule has 88 valence electrons. The summed E-state index contributed by atoms with van der Waals surface area (Å²) in [5, 5.41) is 0. The van der Waals surface area contributed by atoms with Crippen LogP contribution in [0.5, 0.6) is 0 Å². The van der Waals surface area contributed by atoms with E-state index in [0.29, 0.717) is 4.47 Å². The molecule has 2 rings (SSSR count). The molecule has 1 atom stereocenters. The summed E-state index contributed by atoms with van der Waals surface area (Å²) in [7, 11) is 0. The summed E-state index contributed by atoms with van der Waals surface area (Å²) in [6, 6.07) is 12.2. The van der Waals surface area contributed by atoms with Crippen LogP contribution in [0.15, 0.2) is 51.4 Å². The Morgan fingerprint density at radius 1 is 1.00 bits per heavy atom. The van der Waals surface area contributed by atoms with E-state index in [2.05, 4.69) is 31.9 Å². The Kier molecular flexibility index (Phi) is 3.97. The van der Waals surface area contributed by atoms with Crippen molar-refractivity contribution in [3.05, 3.63) is 68.4 Å². The maximum absolute atomic E-state index is 13.4. The second-order valence-electron chi connectivity index (χ2n) is 3.67. The number of rotatable bonds is 2. The Bertz CT molecular complexity index is 525. The number of hydrogen-bond donors (Lipinski definition) is 1. The second kappa shape index (κ2) is 5.29. The van der Waals surface area contributed by atoms with Crippen LogP contribution in [-0.4, -0.2) is 0 Å². The highest BCUT2D eigenvalue weighted by Crippen LogP contribution is 2.29. The van der Waals surface area contributed by atoms with Crippen molar-refractivity contribution in [2.75, 3.05) is 0 Å². The standard InChI is InChI=1S/C13H10Br2FN/c14-9-6-4-8(5-7-9)13(17)10-2-1-3-11(16)12(10)15/h1-7,13H,17H2. The molecule has 2 aromatic carbocycles. The summed E-state index contributed by atoms with van der Waals surface area (Å²) in [6.45, 7) is 0. The van der Waals surface area contributed by atoms with Gasteiger partial charge in [-0.3, -0.25) is 0 Å². The molecule has 4 heteroatoms. The molecule has 0 bridgehead atoms. The zero-order chi connectivity index (χ0) is 12.4. The van der Waals surface area contributed by atoms with Gasteiger partial charge in [0.05, 0.1) is 10.5 Å². The molecule has 0 aliphatic carbocycles. The van der Waals surface area contributed by atoms with E-state index in [4.69, 9.17) is 5.73 Å². The predicted molar refractivity (Wildman–Crippen MR) is 74.3 cm³/mol. The highest BCUT2D eigenvalue weighted by molar-refractivity contribution is 9.10. The molecular weight excluding hydrogens is 349 g/mol. The van der Waals surface area contributed by atoms with Crippen LogP contribution in [0.1, 0.15) is 17.2 Å². The third-order valence-electron chi connectivity index (χ3n) is 2.55. The van der Waals surface area contributed by atoms with Gasteiger partial charge in [-0.2, -0.15) is 0 Å². The van der Waals surface area contributed by atoms with Crippen LogP contribution in [0.25, 0.3) is 0 Å². The molecule has 17 heavy (non-hydrogen) atoms. The Balaban J connectivity index is 2.40. The van der Waals surface area contributed by atoms with Crippen molar-refractivity contribution >= 4 is 31.9 Å². The summed E-state index contributed by atoms with van der Waals surface area (Å²) in [6.07, 6.45) is 0. The largest absolute Gasteiger partial charge is 0.320 e. The summed E-state index contributed by atoms with van der Waals surface area (Å²) in [5.74, 6) is -0.296. The molecule has 1 nitrogen and oxygen atoms in total. The van der Waals surface area contributed by atoms with Gasteiger partial charge in [-0.25, -0.2) is 4.39 Å². The highest BCUT2D eigenvalue weighted by atomic mass is 79.9. The molecule has 0 aliphatic heterocycles. The van der Waals surface area contributed by atoms with Gasteiger partial charge >= 0.3 is 0 Å². The van der Waals surface area contributed by atoms with Gasteiger partial charge in [0.2, 0.25) is 0 Å². The van der Waals surface area contributed by atoms with Crippen LogP contribution in [0.3, 0.4) is 0 Å². The van der Waals surface area contributed by atoms with E-state index >= 15 is 0 Å². The SMILES string of the molecule is NC(c1ccc(Br)cc1)c1cccc(F)c1Br. The first kappa shape index (κ1) is 12.7. The van der Waals surface area contributed by atoms with E-state index in [1.165, 1.54) is 6.07 Å². The van der Waals surface area contributed by atoms with E-state index < -0.39 is 0 Å². The lowest BCUT2D eigenvalue weighted by Gasteiger charge is -2.14. The molecule has 0 aliphatic rings. The maximum Gasteiger partial charge on any atom is 0.137 e. The molecule has 1 unspecified atom stereocenters. The average Bonchev–Trinajstić information content (AvgIpc) is 2.33. The predicted octanol–water partition coefficient (Wildman–Crippen LogP) is 4.40. The van der Waals surface area contributed by atoms with E-state index in [1.54, 1.807) is 6.07 Å². The van der Waals surface area contributed by atoms with E-state index in [1.807, 2.05) is 30.3 Å². The van der Waals surface area contributed by atoms with Gasteiger partial charge < -0.3 is 5.73 Å². The zero-order valence-corrected chi connectivity index (χ0v) is 12.0. The molecule has 0 fully saturated rings. The molecule has 2 N–H and O–H groups in total. The van der Waals surface area contributed by atoms with Crippen LogP contribution in [-0.2, 0) is 0 Å². The quantitative estimate of drug-likeness (QED) is 0.845. The molecule has 0 amide bonds. The number of nitrogens with two attached hydrogens (primary N) is 1. The minimum Gasteiger partial charge on any atom is -0.320 e. The van der Waals surface area contributed by atoms with E-state index in [9.17, 15) is 4.39 Å². The minimum atomic E-state index is -0.340. The third kappa shape index (κ3) is 2.76. The fourth-order valence-corrected chi connectivity index (χ4v) is 2.39. The summed E-state index contributed by atoms with van der Waals surface area (Å²) < 4.78 is 14.8. The van der Waals surface area contributed by atoms with Crippen molar-refractivity contribution < 1.29 is 4.39 Å². The summed E-state index contributed by atoms with van der Waals surface area (Å²) >= 11 is 6.60. The molecule has 0 aromatic heterocycles. The monoisotopic (exact) mass is 357 g/mol. The molecule has 2 aromatic rings. The number of halogens is 3. The zero-order valence-electron chi connectivity index (χ0n) is 8.83. The summed E-state index contributed by atoms with van der Waals surface area (Å²) in [4.78, 5) is 0. The van der Waals surface area contributed by atoms with E-state index in [-0.39, 0.29) is 11.9 Å². The van der Waals surface area contributed by atoms with Crippen molar-refractivity contribution in [2.45, 2.75) is 6.04 Å². The normalized spacial score (nSPS) is 12.5. The lowest BCUT2D eigenvalue weighted by molar-refractivity contribution is 0.616. The molecule has 0 saturated carbocycles. The second-order valence-corrected chi connectivity index (χ2v) is 5.38. The minimum absolute atomic E-state index is 0.296. The fraction of sp³-hybridized carbons (Fsp3) is 0.0769. The van der Waals surface area contributed by atoms with Gasteiger partial charge in [0, 0.05) is 4.47 Å². The van der Waals surface area contributed by atoms with Gasteiger partial charge in [-0.05, 0) is 45.3 Å². The Morgan fingerprint density at radius 3 is 2.29 bits per heavy atom. The fourth-order valence-electron chi connectivity index (χ4n) is 1.61. The van der Waals surface area contributed by atoms with E-state index in [0.717, 1.165) is 15.6 Å². The lowest BCUT2D eigenvalue weighted by Crippen LogP contribution is -2.12. The highest BCUT2D eigenvalue weighted by Gasteiger charge is 2.14. The smallest absolute Gasteiger partial charge is 0.137 e. The number of benzene rings is 2. The first-order valence-corrected chi connectivity index (χ1v) is 6.63. The van der Waals surface area contributed by atoms with Gasteiger partial charge in [-0.15, -0.1) is 0 Å². The molecule has 0 saturated heterocycles. The topological polar surface area (TPSA) is 26.0 Å². The lowest BCUT2D eigenvalue weighted by atomic mass is 10.00. The van der Waals surface area contributed by atoms with Crippen molar-refractivity contribution in [3.8, 4) is 0 Å². The van der Waals surface area contributed by atoms with Crippen molar-refractivity contribution in [2.24, 2.45) is 5.73 Å². The van der Waals surface area contributed by atoms with Gasteiger partial charge in [0.1, 0.15) is 5.82 Å². The van der Waals surface area contributed by atoms with Gasteiger partial charge in [0.15, 0.2) is 0 Å². The van der Waals surface area contributed by atoms with Crippen LogP contribution >= 0.6 is 31.9 Å². The molecule has 0 heterocycles. The van der Waals surface area contributed by atoms with Crippen LogP contribution < -0.4 is 5.73 Å². The first-order chi connectivity index (χ1) is 8.09. The van der Waals surface area contributed by atoms with Gasteiger partial charge in [0.25, 0.3) is 0 Å². The third-order valence-corrected chi connectivity index (χ3v) is 3.91. The Labute approximate surface area is 116 Å².